The molecule has 1 unspecified atom stereocenters. The van der Waals surface area contributed by atoms with Crippen molar-refractivity contribution in [1.29, 1.82) is 0 Å². The van der Waals surface area contributed by atoms with Crippen LogP contribution in [0.2, 0.25) is 0 Å². The Morgan fingerprint density at radius 3 is 2.62 bits per heavy atom. The molecule has 16 heavy (non-hydrogen) atoms. The van der Waals surface area contributed by atoms with Crippen LogP contribution >= 0.6 is 7.60 Å². The van der Waals surface area contributed by atoms with Crippen molar-refractivity contribution in [3.63, 3.8) is 0 Å². The second kappa shape index (κ2) is 4.32. The third-order valence-electron chi connectivity index (χ3n) is 2.58. The lowest BCUT2D eigenvalue weighted by Gasteiger charge is -2.21. The van der Waals surface area contributed by atoms with Crippen molar-refractivity contribution in [2.45, 2.75) is 5.85 Å². The van der Waals surface area contributed by atoms with Crippen LogP contribution in [0, 0.1) is 0 Å². The van der Waals surface area contributed by atoms with Gasteiger partial charge in [0.05, 0.1) is 0 Å². The van der Waals surface area contributed by atoms with Gasteiger partial charge in [-0.25, -0.2) is 0 Å². The monoisotopic (exact) mass is 242 g/mol. The number of hydrogen-bond donors (Lipinski definition) is 1. The fraction of sp³-hybridized carbons (Fsp3) is 0.333. The Kier molecular flexibility index (Phi) is 3.19. The molecule has 0 radical (unpaired) electrons. The highest BCUT2D eigenvalue weighted by Gasteiger charge is 2.46. The highest BCUT2D eigenvalue weighted by atomic mass is 31.2. The minimum atomic E-state index is -3.38. The van der Waals surface area contributed by atoms with Gasteiger partial charge in [0.15, 0.2) is 5.85 Å². The van der Waals surface area contributed by atoms with Crippen LogP contribution in [-0.2, 0) is 18.3 Å². The molecule has 0 saturated heterocycles. The first-order valence-corrected chi connectivity index (χ1v) is 6.37. The van der Waals surface area contributed by atoms with E-state index in [1.807, 2.05) is 0 Å². The topological polar surface area (TPSA) is 65.0 Å². The molecule has 86 valence electrons. The van der Waals surface area contributed by atoms with Gasteiger partial charge >= 0.3 is 14.7 Å². The molecule has 1 N–H and O–H groups in total. The van der Waals surface area contributed by atoms with E-state index in [4.69, 9.17) is 13.7 Å². The predicted molar refractivity (Wildman–Crippen MR) is 59.5 cm³/mol. The molecule has 0 saturated carbocycles. The van der Waals surface area contributed by atoms with Gasteiger partial charge in [0.2, 0.25) is 0 Å². The molecule has 1 atom stereocenters. The predicted octanol–water partition coefficient (Wildman–Crippen LogP) is 0.889. The van der Waals surface area contributed by atoms with Gasteiger partial charge in [-0.1, -0.05) is 24.3 Å². The first-order valence-electron chi connectivity index (χ1n) is 4.76. The Hall–Kier alpha value is -0.645. The fourth-order valence-electron chi connectivity index (χ4n) is 1.74. The Morgan fingerprint density at radius 1 is 1.38 bits per heavy atom. The Bertz CT molecular complexity index is 430. The Morgan fingerprint density at radius 2 is 2.00 bits per heavy atom. The van der Waals surface area contributed by atoms with E-state index < -0.39 is 20.6 Å². The molecular weight excluding hydrogens is 230 g/mol. The maximum atomic E-state index is 12.2. The molecule has 5 nitrogen and oxygen atoms in total. The lowest BCUT2D eigenvalue weighted by molar-refractivity contribution is 0.183. The summed E-state index contributed by atoms with van der Waals surface area (Å²) in [6, 6.07) is 7.01. The number of hydrogen-bond acceptors (Lipinski definition) is 5. The van der Waals surface area contributed by atoms with E-state index in [0.717, 1.165) is 0 Å². The van der Waals surface area contributed by atoms with Crippen molar-refractivity contribution in [2.24, 2.45) is 0 Å². The van der Waals surface area contributed by atoms with Crippen LogP contribution in [0.25, 0.3) is 0 Å². The van der Waals surface area contributed by atoms with E-state index in [-0.39, 0.29) is 0 Å². The largest absolute Gasteiger partial charge is 0.492 e. The average Bonchev–Trinajstić information content (AvgIpc) is 2.67. The van der Waals surface area contributed by atoms with Crippen LogP contribution in [-0.4, -0.2) is 26.4 Å². The van der Waals surface area contributed by atoms with Crippen molar-refractivity contribution < 1.29 is 23.3 Å². The average molecular weight is 242 g/mol. The summed E-state index contributed by atoms with van der Waals surface area (Å²) in [7, 11) is -1.88. The highest BCUT2D eigenvalue weighted by molar-refractivity contribution is 7.54. The lowest BCUT2D eigenvalue weighted by Crippen LogP contribution is -2.27. The molecule has 0 fully saturated rings. The van der Waals surface area contributed by atoms with Gasteiger partial charge in [0, 0.05) is 14.2 Å². The Labute approximate surface area is 94.0 Å². The number of rotatable bonds is 3. The van der Waals surface area contributed by atoms with Gasteiger partial charge in [0.1, 0.15) is 0 Å². The van der Waals surface area contributed by atoms with Gasteiger partial charge in [0.25, 0.3) is 0 Å². The molecule has 1 heterocycles. The summed E-state index contributed by atoms with van der Waals surface area (Å²) in [6.07, 6.45) is 0. The summed E-state index contributed by atoms with van der Waals surface area (Å²) < 4.78 is 27.1. The third-order valence-corrected chi connectivity index (χ3v) is 4.57. The molecule has 1 aliphatic rings. The van der Waals surface area contributed by atoms with Crippen LogP contribution in [0.1, 0.15) is 11.4 Å². The minimum absolute atomic E-state index is 0.599. The van der Waals surface area contributed by atoms with E-state index in [2.05, 4.69) is 0 Å². The van der Waals surface area contributed by atoms with Gasteiger partial charge in [-0.2, -0.15) is 0 Å². The third kappa shape index (κ3) is 1.73. The molecule has 2 rings (SSSR count). The van der Waals surface area contributed by atoms with Crippen molar-refractivity contribution >= 4 is 20.2 Å². The summed E-state index contributed by atoms with van der Waals surface area (Å²) in [4.78, 5) is 0. The molecule has 0 spiro atoms. The van der Waals surface area contributed by atoms with Crippen molar-refractivity contribution in [3.8, 4) is 0 Å². The van der Waals surface area contributed by atoms with Crippen LogP contribution in [0.4, 0.5) is 0 Å². The van der Waals surface area contributed by atoms with Gasteiger partial charge in [-0.15, -0.1) is 0 Å². The van der Waals surface area contributed by atoms with Crippen LogP contribution < -0.4 is 5.46 Å². The smallest absolute Gasteiger partial charge is 0.423 e. The van der Waals surface area contributed by atoms with Crippen LogP contribution in [0.5, 0.6) is 0 Å². The van der Waals surface area contributed by atoms with E-state index in [9.17, 15) is 9.59 Å². The normalized spacial score (nSPS) is 19.9. The molecule has 0 aromatic heterocycles. The van der Waals surface area contributed by atoms with Gasteiger partial charge < -0.3 is 18.7 Å². The van der Waals surface area contributed by atoms with Crippen molar-refractivity contribution in [3.05, 3.63) is 29.8 Å². The molecule has 1 aromatic rings. The molecule has 0 bridgehead atoms. The van der Waals surface area contributed by atoms with Crippen LogP contribution in [0.15, 0.2) is 24.3 Å². The zero-order valence-corrected chi connectivity index (χ0v) is 9.89. The van der Waals surface area contributed by atoms with E-state index >= 15 is 0 Å². The Balaban J connectivity index is 2.44. The fourth-order valence-corrected chi connectivity index (χ4v) is 3.11. The maximum absolute atomic E-state index is 12.2. The summed E-state index contributed by atoms with van der Waals surface area (Å²) in [5.74, 6) is -0.867. The minimum Gasteiger partial charge on any atom is -0.423 e. The van der Waals surface area contributed by atoms with E-state index in [0.29, 0.717) is 11.0 Å². The zero-order valence-electron chi connectivity index (χ0n) is 8.99. The summed E-state index contributed by atoms with van der Waals surface area (Å²) in [5, 5.41) is 9.65. The second-order valence-corrected chi connectivity index (χ2v) is 5.65. The van der Waals surface area contributed by atoms with Gasteiger partial charge in [-0.3, -0.25) is 4.57 Å². The molecule has 0 aliphatic carbocycles. The first kappa shape index (κ1) is 11.8. The van der Waals surface area contributed by atoms with E-state index in [1.54, 1.807) is 24.3 Å². The maximum Gasteiger partial charge on any atom is 0.492 e. The van der Waals surface area contributed by atoms with E-state index in [1.165, 1.54) is 14.2 Å². The zero-order chi connectivity index (χ0) is 11.8. The molecule has 7 heteroatoms. The second-order valence-electron chi connectivity index (χ2n) is 3.37. The number of fused-ring (bicyclic) bond motifs is 1. The van der Waals surface area contributed by atoms with Crippen molar-refractivity contribution in [1.82, 2.24) is 0 Å². The summed E-state index contributed by atoms with van der Waals surface area (Å²) >= 11 is 0. The number of benzene rings is 1. The highest BCUT2D eigenvalue weighted by Crippen LogP contribution is 2.61. The van der Waals surface area contributed by atoms with Crippen LogP contribution in [0.3, 0.4) is 0 Å². The molecular formula is C9H12BO5P. The quantitative estimate of drug-likeness (QED) is 0.629. The van der Waals surface area contributed by atoms with Crippen molar-refractivity contribution in [2.75, 3.05) is 14.2 Å². The van der Waals surface area contributed by atoms with Gasteiger partial charge in [-0.05, 0) is 11.0 Å². The SMILES string of the molecule is COP(=O)(OC)C1OB(O)c2ccccc21. The molecule has 0 amide bonds. The molecule has 1 aliphatic heterocycles. The summed E-state index contributed by atoms with van der Waals surface area (Å²) in [5.41, 5.74) is 1.24. The lowest BCUT2D eigenvalue weighted by atomic mass is 9.80. The summed E-state index contributed by atoms with van der Waals surface area (Å²) in [6.45, 7) is 0. The standard InChI is InChI=1S/C9H12BO5P/c1-13-16(12,14-2)9-7-5-3-4-6-8(7)10(11)15-9/h3-6,9,11H,1-2H3. The first-order chi connectivity index (χ1) is 7.62. The molecule has 1 aromatic carbocycles.